The summed E-state index contributed by atoms with van der Waals surface area (Å²) in [5, 5.41) is 9.21. The Morgan fingerprint density at radius 3 is 2.40 bits per heavy atom. The van der Waals surface area contributed by atoms with Gasteiger partial charge < -0.3 is 16.0 Å². The van der Waals surface area contributed by atoms with Gasteiger partial charge >= 0.3 is 6.03 Å². The lowest BCUT2D eigenvalue weighted by Gasteiger charge is -2.29. The number of hydrogen-bond acceptors (Lipinski definition) is 2. The molecule has 1 aliphatic rings. The fraction of sp³-hybridized carbons (Fsp3) is 0.909. The largest absolute Gasteiger partial charge is 0.334 e. The molecule has 3 N–H and O–H groups in total. The Morgan fingerprint density at radius 2 is 2.00 bits per heavy atom. The van der Waals surface area contributed by atoms with Crippen molar-refractivity contribution in [3.05, 3.63) is 0 Å². The summed E-state index contributed by atoms with van der Waals surface area (Å²) < 4.78 is 0. The van der Waals surface area contributed by atoms with Crippen molar-refractivity contribution in [2.75, 3.05) is 13.1 Å². The lowest BCUT2D eigenvalue weighted by molar-refractivity contribution is 0.218. The molecule has 1 heterocycles. The van der Waals surface area contributed by atoms with Gasteiger partial charge in [0, 0.05) is 24.7 Å². The summed E-state index contributed by atoms with van der Waals surface area (Å²) in [6.07, 6.45) is 0. The molecule has 4 heteroatoms. The van der Waals surface area contributed by atoms with Crippen LogP contribution >= 0.6 is 0 Å². The zero-order valence-corrected chi connectivity index (χ0v) is 10.4. The Morgan fingerprint density at radius 1 is 1.40 bits per heavy atom. The van der Waals surface area contributed by atoms with E-state index in [1.165, 1.54) is 0 Å². The standard InChI is InChI=1S/C11H23N3O/c1-10(2,3)14-9(15)13-8-6-12-7-11(8,4)5/h8,12H,6-7H2,1-5H3,(H2,13,14,15). The van der Waals surface area contributed by atoms with Gasteiger partial charge in [-0.05, 0) is 26.2 Å². The maximum Gasteiger partial charge on any atom is 0.315 e. The molecule has 0 radical (unpaired) electrons. The molecule has 0 aromatic heterocycles. The van der Waals surface area contributed by atoms with Crippen LogP contribution in [0, 0.1) is 5.41 Å². The Balaban J connectivity index is 2.45. The van der Waals surface area contributed by atoms with Crippen LogP contribution in [0.25, 0.3) is 0 Å². The summed E-state index contributed by atoms with van der Waals surface area (Å²) in [5.74, 6) is 0. The van der Waals surface area contributed by atoms with Crippen LogP contribution in [0.2, 0.25) is 0 Å². The number of nitrogens with one attached hydrogen (secondary N) is 3. The number of rotatable bonds is 1. The summed E-state index contributed by atoms with van der Waals surface area (Å²) >= 11 is 0. The average molecular weight is 213 g/mol. The molecule has 1 unspecified atom stereocenters. The van der Waals surface area contributed by atoms with Crippen LogP contribution in [0.3, 0.4) is 0 Å². The summed E-state index contributed by atoms with van der Waals surface area (Å²) in [6, 6.07) is 0.129. The first-order valence-electron chi connectivity index (χ1n) is 5.50. The van der Waals surface area contributed by atoms with E-state index in [4.69, 9.17) is 0 Å². The Hall–Kier alpha value is -0.770. The molecule has 15 heavy (non-hydrogen) atoms. The molecule has 0 aliphatic carbocycles. The fourth-order valence-corrected chi connectivity index (χ4v) is 1.72. The van der Waals surface area contributed by atoms with Crippen LogP contribution < -0.4 is 16.0 Å². The van der Waals surface area contributed by atoms with E-state index in [1.54, 1.807) is 0 Å². The quantitative estimate of drug-likeness (QED) is 0.610. The van der Waals surface area contributed by atoms with E-state index in [1.807, 2.05) is 20.8 Å². The van der Waals surface area contributed by atoms with Crippen molar-refractivity contribution in [2.45, 2.75) is 46.2 Å². The van der Waals surface area contributed by atoms with Crippen molar-refractivity contribution in [3.8, 4) is 0 Å². The molecular formula is C11H23N3O. The highest BCUT2D eigenvalue weighted by molar-refractivity contribution is 5.75. The number of carbonyl (C=O) groups excluding carboxylic acids is 1. The van der Waals surface area contributed by atoms with Crippen molar-refractivity contribution < 1.29 is 4.79 Å². The average Bonchev–Trinajstić information content (AvgIpc) is 2.26. The Kier molecular flexibility index (Phi) is 3.28. The van der Waals surface area contributed by atoms with Crippen LogP contribution in [-0.2, 0) is 0 Å². The predicted octanol–water partition coefficient (Wildman–Crippen LogP) is 1.08. The summed E-state index contributed by atoms with van der Waals surface area (Å²) in [7, 11) is 0. The smallest absolute Gasteiger partial charge is 0.315 e. The van der Waals surface area contributed by atoms with E-state index in [0.29, 0.717) is 0 Å². The number of hydrogen-bond donors (Lipinski definition) is 3. The molecular weight excluding hydrogens is 190 g/mol. The second-order valence-corrected chi connectivity index (χ2v) is 6.02. The maximum absolute atomic E-state index is 11.7. The third kappa shape index (κ3) is 3.70. The zero-order valence-electron chi connectivity index (χ0n) is 10.4. The third-order valence-electron chi connectivity index (χ3n) is 2.67. The normalized spacial score (nSPS) is 25.0. The van der Waals surface area contributed by atoms with Crippen molar-refractivity contribution >= 4 is 6.03 Å². The molecule has 1 rings (SSSR count). The van der Waals surface area contributed by atoms with Gasteiger partial charge in [-0.25, -0.2) is 4.79 Å². The highest BCUT2D eigenvalue weighted by Gasteiger charge is 2.35. The van der Waals surface area contributed by atoms with Gasteiger partial charge in [-0.15, -0.1) is 0 Å². The van der Waals surface area contributed by atoms with Gasteiger partial charge in [0.1, 0.15) is 0 Å². The minimum absolute atomic E-state index is 0.0794. The van der Waals surface area contributed by atoms with Gasteiger partial charge in [-0.1, -0.05) is 13.8 Å². The van der Waals surface area contributed by atoms with Gasteiger partial charge in [0.15, 0.2) is 0 Å². The fourth-order valence-electron chi connectivity index (χ4n) is 1.72. The van der Waals surface area contributed by atoms with Gasteiger partial charge in [0.25, 0.3) is 0 Å². The highest BCUT2D eigenvalue weighted by Crippen LogP contribution is 2.23. The first-order chi connectivity index (χ1) is 6.71. The molecule has 1 aliphatic heterocycles. The first kappa shape index (κ1) is 12.3. The molecule has 0 saturated carbocycles. The molecule has 0 aromatic carbocycles. The van der Waals surface area contributed by atoms with Crippen LogP contribution in [0.1, 0.15) is 34.6 Å². The Bertz CT molecular complexity index is 243. The lowest BCUT2D eigenvalue weighted by Crippen LogP contribution is -2.53. The molecule has 0 bridgehead atoms. The van der Waals surface area contributed by atoms with E-state index >= 15 is 0 Å². The van der Waals surface area contributed by atoms with E-state index in [-0.39, 0.29) is 23.0 Å². The van der Waals surface area contributed by atoms with Crippen molar-refractivity contribution in [2.24, 2.45) is 5.41 Å². The molecule has 0 spiro atoms. The first-order valence-corrected chi connectivity index (χ1v) is 5.50. The SMILES string of the molecule is CC(C)(C)NC(=O)NC1CNCC1(C)C. The zero-order chi connectivity index (χ0) is 11.7. The van der Waals surface area contributed by atoms with Gasteiger partial charge in [-0.3, -0.25) is 0 Å². The minimum Gasteiger partial charge on any atom is -0.334 e. The van der Waals surface area contributed by atoms with Crippen molar-refractivity contribution in [1.29, 1.82) is 0 Å². The molecule has 1 fully saturated rings. The summed E-state index contributed by atoms with van der Waals surface area (Å²) in [5.41, 5.74) is -0.0461. The summed E-state index contributed by atoms with van der Waals surface area (Å²) in [6.45, 7) is 12.1. The lowest BCUT2D eigenvalue weighted by atomic mass is 9.88. The Labute approximate surface area is 92.2 Å². The number of amides is 2. The van der Waals surface area contributed by atoms with Crippen LogP contribution in [0.15, 0.2) is 0 Å². The van der Waals surface area contributed by atoms with Crippen molar-refractivity contribution in [1.82, 2.24) is 16.0 Å². The molecule has 4 nitrogen and oxygen atoms in total. The number of urea groups is 1. The second kappa shape index (κ2) is 4.00. The van der Waals surface area contributed by atoms with Gasteiger partial charge in [0.05, 0.1) is 0 Å². The van der Waals surface area contributed by atoms with Gasteiger partial charge in [0.2, 0.25) is 0 Å². The van der Waals surface area contributed by atoms with E-state index < -0.39 is 0 Å². The minimum atomic E-state index is -0.180. The van der Waals surface area contributed by atoms with Crippen LogP contribution in [-0.4, -0.2) is 30.7 Å². The molecule has 2 amide bonds. The number of carbonyl (C=O) groups is 1. The molecule has 1 saturated heterocycles. The van der Waals surface area contributed by atoms with Crippen LogP contribution in [0.5, 0.6) is 0 Å². The van der Waals surface area contributed by atoms with E-state index in [2.05, 4.69) is 29.8 Å². The molecule has 0 aromatic rings. The third-order valence-corrected chi connectivity index (χ3v) is 2.67. The maximum atomic E-state index is 11.7. The predicted molar refractivity (Wildman–Crippen MR) is 61.9 cm³/mol. The van der Waals surface area contributed by atoms with Crippen molar-refractivity contribution in [3.63, 3.8) is 0 Å². The monoisotopic (exact) mass is 213 g/mol. The van der Waals surface area contributed by atoms with Gasteiger partial charge in [-0.2, -0.15) is 0 Å². The van der Waals surface area contributed by atoms with E-state index in [9.17, 15) is 4.79 Å². The summed E-state index contributed by atoms with van der Waals surface area (Å²) in [4.78, 5) is 11.7. The highest BCUT2D eigenvalue weighted by atomic mass is 16.2. The topological polar surface area (TPSA) is 53.2 Å². The van der Waals surface area contributed by atoms with Crippen LogP contribution in [0.4, 0.5) is 4.79 Å². The second-order valence-electron chi connectivity index (χ2n) is 6.02. The molecule has 1 atom stereocenters. The molecule has 88 valence electrons. The van der Waals surface area contributed by atoms with E-state index in [0.717, 1.165) is 13.1 Å².